The lowest BCUT2D eigenvalue weighted by Crippen LogP contribution is -2.08. The molecule has 120 valence electrons. The van der Waals surface area contributed by atoms with Gasteiger partial charge in [0, 0.05) is 0 Å². The molecule has 0 unspecified atom stereocenters. The minimum absolute atomic E-state index is 0.0858. The van der Waals surface area contributed by atoms with Crippen molar-refractivity contribution in [2.45, 2.75) is 6.92 Å². The van der Waals surface area contributed by atoms with Crippen LogP contribution < -0.4 is 5.32 Å². The van der Waals surface area contributed by atoms with Crippen molar-refractivity contribution < 1.29 is 24.2 Å². The molecule has 0 saturated carbocycles. The number of carbonyl (C=O) groups is 2. The van der Waals surface area contributed by atoms with Gasteiger partial charge in [-0.15, -0.1) is 10.2 Å². The number of nitrogens with zero attached hydrogens (tertiary/aromatic N) is 2. The number of ether oxygens (including phenoxy) is 2. The minimum atomic E-state index is -0.558. The lowest BCUT2D eigenvalue weighted by molar-refractivity contribution is 0.0517. The normalized spacial score (nSPS) is 10.0. The maximum atomic E-state index is 11.5. The van der Waals surface area contributed by atoms with E-state index in [-0.39, 0.29) is 23.6 Å². The molecule has 1 aromatic heterocycles. The molecule has 2 rings (SSSR count). The summed E-state index contributed by atoms with van der Waals surface area (Å²) in [5, 5.41) is 20.3. The standard InChI is InChI=1S/C15H15N3O5/c1-3-23-15(21)11-6-7-13(18-17-11)16-10-5-4-9(8-12(10)19)14(20)22-2/h4-8,19H,3H2,1-2H3,(H,16,18). The number of hydrogen-bond donors (Lipinski definition) is 2. The van der Waals surface area contributed by atoms with Crippen LogP contribution in [-0.4, -0.2) is 41.0 Å². The van der Waals surface area contributed by atoms with E-state index in [1.807, 2.05) is 0 Å². The average molecular weight is 317 g/mol. The van der Waals surface area contributed by atoms with Gasteiger partial charge in [-0.1, -0.05) is 0 Å². The van der Waals surface area contributed by atoms with Gasteiger partial charge >= 0.3 is 11.9 Å². The fourth-order valence-corrected chi connectivity index (χ4v) is 1.73. The summed E-state index contributed by atoms with van der Waals surface area (Å²) in [6, 6.07) is 7.24. The van der Waals surface area contributed by atoms with E-state index in [9.17, 15) is 14.7 Å². The van der Waals surface area contributed by atoms with E-state index < -0.39 is 11.9 Å². The number of hydrogen-bond acceptors (Lipinski definition) is 8. The number of rotatable bonds is 5. The lowest BCUT2D eigenvalue weighted by atomic mass is 10.2. The molecule has 0 spiro atoms. The highest BCUT2D eigenvalue weighted by molar-refractivity contribution is 5.91. The number of carbonyl (C=O) groups excluding carboxylic acids is 2. The molecule has 0 bridgehead atoms. The maximum absolute atomic E-state index is 11.5. The second-order valence-corrected chi connectivity index (χ2v) is 4.37. The summed E-state index contributed by atoms with van der Waals surface area (Å²) in [7, 11) is 1.26. The fraction of sp³-hybridized carbons (Fsp3) is 0.200. The van der Waals surface area contributed by atoms with Crippen molar-refractivity contribution in [3.05, 3.63) is 41.6 Å². The SMILES string of the molecule is CCOC(=O)c1ccc(Nc2ccc(C(=O)OC)cc2O)nn1. The van der Waals surface area contributed by atoms with Crippen LogP contribution >= 0.6 is 0 Å². The molecule has 0 aliphatic heterocycles. The van der Waals surface area contributed by atoms with Crippen molar-refractivity contribution >= 4 is 23.4 Å². The molecule has 8 nitrogen and oxygen atoms in total. The van der Waals surface area contributed by atoms with Crippen molar-refractivity contribution in [1.29, 1.82) is 0 Å². The number of methoxy groups -OCH3 is 1. The third kappa shape index (κ3) is 3.94. The number of phenolic OH excluding ortho intramolecular Hbond substituents is 1. The Hall–Kier alpha value is -3.16. The molecule has 0 radical (unpaired) electrons. The van der Waals surface area contributed by atoms with E-state index in [4.69, 9.17) is 4.74 Å². The Morgan fingerprint density at radius 2 is 1.96 bits per heavy atom. The monoisotopic (exact) mass is 317 g/mol. The molecule has 0 amide bonds. The lowest BCUT2D eigenvalue weighted by Gasteiger charge is -2.08. The predicted octanol–water partition coefficient (Wildman–Crippen LogP) is 1.89. The minimum Gasteiger partial charge on any atom is -0.506 e. The van der Waals surface area contributed by atoms with Crippen molar-refractivity contribution in [2.75, 3.05) is 19.0 Å². The Labute approximate surface area is 132 Å². The van der Waals surface area contributed by atoms with Gasteiger partial charge in [0.2, 0.25) is 0 Å². The number of phenols is 1. The van der Waals surface area contributed by atoms with Crippen molar-refractivity contribution in [3.8, 4) is 5.75 Å². The van der Waals surface area contributed by atoms with E-state index in [0.717, 1.165) is 0 Å². The maximum Gasteiger partial charge on any atom is 0.358 e. The summed E-state index contributed by atoms with van der Waals surface area (Å²) < 4.78 is 9.37. The van der Waals surface area contributed by atoms with Gasteiger partial charge in [-0.3, -0.25) is 0 Å². The van der Waals surface area contributed by atoms with Gasteiger partial charge in [0.15, 0.2) is 11.5 Å². The number of aromatic hydroxyl groups is 1. The van der Waals surface area contributed by atoms with Gasteiger partial charge in [0.1, 0.15) is 5.75 Å². The van der Waals surface area contributed by atoms with Crippen LogP contribution in [0.3, 0.4) is 0 Å². The van der Waals surface area contributed by atoms with E-state index in [2.05, 4.69) is 20.3 Å². The molecule has 0 aliphatic rings. The summed E-state index contributed by atoms with van der Waals surface area (Å²) in [5.41, 5.74) is 0.637. The molecule has 8 heteroatoms. The van der Waals surface area contributed by atoms with E-state index >= 15 is 0 Å². The van der Waals surface area contributed by atoms with Gasteiger partial charge in [0.05, 0.1) is 25.0 Å². The third-order valence-corrected chi connectivity index (χ3v) is 2.83. The number of esters is 2. The summed E-state index contributed by atoms with van der Waals surface area (Å²) in [5.74, 6) is -0.939. The van der Waals surface area contributed by atoms with Gasteiger partial charge in [-0.25, -0.2) is 9.59 Å². The topological polar surface area (TPSA) is 111 Å². The van der Waals surface area contributed by atoms with Crippen molar-refractivity contribution in [2.24, 2.45) is 0 Å². The number of anilines is 2. The molecule has 0 atom stereocenters. The van der Waals surface area contributed by atoms with E-state index in [1.54, 1.807) is 6.92 Å². The Morgan fingerprint density at radius 1 is 1.17 bits per heavy atom. The molecule has 0 aliphatic carbocycles. The van der Waals surface area contributed by atoms with Gasteiger partial charge in [-0.05, 0) is 37.3 Å². The van der Waals surface area contributed by atoms with Crippen LogP contribution in [0.5, 0.6) is 5.75 Å². The highest BCUT2D eigenvalue weighted by Gasteiger charge is 2.11. The number of nitrogens with one attached hydrogen (secondary N) is 1. The Morgan fingerprint density at radius 3 is 2.52 bits per heavy atom. The first-order valence-electron chi connectivity index (χ1n) is 6.74. The molecule has 2 N–H and O–H groups in total. The van der Waals surface area contributed by atoms with Crippen molar-refractivity contribution in [3.63, 3.8) is 0 Å². The molecule has 1 heterocycles. The van der Waals surface area contributed by atoms with Crippen LogP contribution in [0.25, 0.3) is 0 Å². The average Bonchev–Trinajstić information content (AvgIpc) is 2.56. The van der Waals surface area contributed by atoms with Crippen LogP contribution in [0.2, 0.25) is 0 Å². The van der Waals surface area contributed by atoms with Crippen LogP contribution in [0.15, 0.2) is 30.3 Å². The first-order chi connectivity index (χ1) is 11.0. The molecule has 0 fully saturated rings. The third-order valence-electron chi connectivity index (χ3n) is 2.83. The highest BCUT2D eigenvalue weighted by atomic mass is 16.5. The number of aromatic nitrogens is 2. The van der Waals surface area contributed by atoms with Crippen LogP contribution in [0, 0.1) is 0 Å². The summed E-state index contributed by atoms with van der Waals surface area (Å²) in [4.78, 5) is 22.8. The Kier molecular flexibility index (Phi) is 5.08. The number of benzene rings is 1. The second kappa shape index (κ2) is 7.21. The quantitative estimate of drug-likeness (QED) is 0.635. The molecular formula is C15H15N3O5. The molecule has 0 saturated heterocycles. The van der Waals surface area contributed by atoms with Gasteiger partial charge < -0.3 is 19.9 Å². The Bertz CT molecular complexity index is 716. The molecule has 23 heavy (non-hydrogen) atoms. The first-order valence-corrected chi connectivity index (χ1v) is 6.74. The zero-order valence-electron chi connectivity index (χ0n) is 12.6. The van der Waals surface area contributed by atoms with Gasteiger partial charge in [-0.2, -0.15) is 0 Å². The second-order valence-electron chi connectivity index (χ2n) is 4.37. The molecule has 2 aromatic rings. The highest BCUT2D eigenvalue weighted by Crippen LogP contribution is 2.27. The first kappa shape index (κ1) is 16.2. The van der Waals surface area contributed by atoms with E-state index in [0.29, 0.717) is 11.5 Å². The summed E-state index contributed by atoms with van der Waals surface area (Å²) >= 11 is 0. The smallest absolute Gasteiger partial charge is 0.358 e. The summed E-state index contributed by atoms with van der Waals surface area (Å²) in [6.07, 6.45) is 0. The Balaban J connectivity index is 2.13. The van der Waals surface area contributed by atoms with Crippen molar-refractivity contribution in [1.82, 2.24) is 10.2 Å². The summed E-state index contributed by atoms with van der Waals surface area (Å²) in [6.45, 7) is 1.95. The molecule has 1 aromatic carbocycles. The van der Waals surface area contributed by atoms with Crippen LogP contribution in [0.1, 0.15) is 27.8 Å². The van der Waals surface area contributed by atoms with Crippen LogP contribution in [0.4, 0.5) is 11.5 Å². The van der Waals surface area contributed by atoms with Gasteiger partial charge in [0.25, 0.3) is 0 Å². The van der Waals surface area contributed by atoms with Crippen LogP contribution in [-0.2, 0) is 9.47 Å². The predicted molar refractivity (Wildman–Crippen MR) is 80.7 cm³/mol. The van der Waals surface area contributed by atoms with E-state index in [1.165, 1.54) is 37.4 Å². The zero-order valence-corrected chi connectivity index (χ0v) is 12.6. The largest absolute Gasteiger partial charge is 0.506 e. The zero-order chi connectivity index (χ0) is 16.8. The fourth-order valence-electron chi connectivity index (χ4n) is 1.73. The molecular weight excluding hydrogens is 302 g/mol.